The number of aliphatic carboxylic acids is 1. The van der Waals surface area contributed by atoms with Crippen molar-refractivity contribution in [1.82, 2.24) is 15.5 Å². The molecule has 0 aliphatic carbocycles. The van der Waals surface area contributed by atoms with Crippen LogP contribution in [0, 0.1) is 11.8 Å². The van der Waals surface area contributed by atoms with Crippen molar-refractivity contribution >= 4 is 17.9 Å². The number of amides is 3. The van der Waals surface area contributed by atoms with E-state index < -0.39 is 17.9 Å². The van der Waals surface area contributed by atoms with Crippen molar-refractivity contribution in [1.29, 1.82) is 0 Å². The van der Waals surface area contributed by atoms with Crippen molar-refractivity contribution in [2.75, 3.05) is 27.2 Å². The number of rotatable bonds is 7. The molecular weight excluding hydrogens is 250 g/mol. The van der Waals surface area contributed by atoms with Gasteiger partial charge in [0, 0.05) is 20.6 Å². The Morgan fingerprint density at radius 1 is 1.26 bits per heavy atom. The summed E-state index contributed by atoms with van der Waals surface area (Å²) < 4.78 is 0. The maximum Gasteiger partial charge on any atom is 0.317 e. The lowest BCUT2D eigenvalue weighted by Gasteiger charge is -2.20. The van der Waals surface area contributed by atoms with E-state index in [2.05, 4.69) is 10.6 Å². The highest BCUT2D eigenvalue weighted by atomic mass is 16.4. The van der Waals surface area contributed by atoms with E-state index in [0.29, 0.717) is 6.42 Å². The standard InChI is InChI=1S/C12H23N3O4/c1-8(2)5-9(11(17)18)6-14-12(19)15(4)7-10(16)13-3/h8-9H,5-7H2,1-4H3,(H,13,16)(H,14,19)(H,17,18). The second-order valence-corrected chi connectivity index (χ2v) is 4.88. The lowest BCUT2D eigenvalue weighted by molar-refractivity contribution is -0.142. The Labute approximate surface area is 113 Å². The number of nitrogens with one attached hydrogen (secondary N) is 2. The number of carbonyl (C=O) groups is 3. The maximum atomic E-state index is 11.6. The van der Waals surface area contributed by atoms with Crippen molar-refractivity contribution in [2.24, 2.45) is 11.8 Å². The molecule has 7 heteroatoms. The molecule has 7 nitrogen and oxygen atoms in total. The molecule has 0 rings (SSSR count). The Bertz CT molecular complexity index is 331. The monoisotopic (exact) mass is 273 g/mol. The van der Waals surface area contributed by atoms with E-state index >= 15 is 0 Å². The second kappa shape index (κ2) is 8.34. The highest BCUT2D eigenvalue weighted by Crippen LogP contribution is 2.11. The third-order valence-corrected chi connectivity index (χ3v) is 2.61. The summed E-state index contributed by atoms with van der Waals surface area (Å²) >= 11 is 0. The van der Waals surface area contributed by atoms with Crippen LogP contribution in [0.15, 0.2) is 0 Å². The van der Waals surface area contributed by atoms with Gasteiger partial charge in [-0.15, -0.1) is 0 Å². The van der Waals surface area contributed by atoms with Gasteiger partial charge in [0.2, 0.25) is 5.91 Å². The molecule has 0 saturated heterocycles. The molecule has 0 aliphatic heterocycles. The van der Waals surface area contributed by atoms with Gasteiger partial charge in [-0.3, -0.25) is 9.59 Å². The van der Waals surface area contributed by atoms with Gasteiger partial charge in [-0.1, -0.05) is 13.8 Å². The normalized spacial score (nSPS) is 11.8. The minimum atomic E-state index is -0.928. The Morgan fingerprint density at radius 3 is 2.26 bits per heavy atom. The van der Waals surface area contributed by atoms with E-state index in [1.54, 1.807) is 0 Å². The van der Waals surface area contributed by atoms with Crippen LogP contribution in [0.1, 0.15) is 20.3 Å². The molecule has 1 unspecified atom stereocenters. The maximum absolute atomic E-state index is 11.6. The minimum Gasteiger partial charge on any atom is -0.481 e. The minimum absolute atomic E-state index is 0.0600. The number of carboxylic acid groups (broad SMARTS) is 1. The van der Waals surface area contributed by atoms with Crippen LogP contribution in [0.25, 0.3) is 0 Å². The van der Waals surface area contributed by atoms with Crippen LogP contribution in [-0.2, 0) is 9.59 Å². The summed E-state index contributed by atoms with van der Waals surface area (Å²) in [7, 11) is 2.96. The van der Waals surface area contributed by atoms with E-state index in [0.717, 1.165) is 0 Å². The summed E-state index contributed by atoms with van der Waals surface area (Å²) in [5.74, 6) is -1.59. The Morgan fingerprint density at radius 2 is 1.84 bits per heavy atom. The molecule has 0 spiro atoms. The number of likely N-dealkylation sites (N-methyl/N-ethyl adjacent to an activating group) is 2. The highest BCUT2D eigenvalue weighted by Gasteiger charge is 2.20. The second-order valence-electron chi connectivity index (χ2n) is 4.88. The predicted molar refractivity (Wildman–Crippen MR) is 70.7 cm³/mol. The van der Waals surface area contributed by atoms with Gasteiger partial charge < -0.3 is 20.6 Å². The lowest BCUT2D eigenvalue weighted by Crippen LogP contribution is -2.44. The number of hydrogen-bond acceptors (Lipinski definition) is 3. The summed E-state index contributed by atoms with van der Waals surface area (Å²) in [6, 6.07) is -0.460. The van der Waals surface area contributed by atoms with E-state index in [9.17, 15) is 14.4 Å². The van der Waals surface area contributed by atoms with E-state index in [-0.39, 0.29) is 24.9 Å². The number of nitrogens with zero attached hydrogens (tertiary/aromatic N) is 1. The average molecular weight is 273 g/mol. The van der Waals surface area contributed by atoms with Crippen LogP contribution in [-0.4, -0.2) is 55.1 Å². The van der Waals surface area contributed by atoms with Gasteiger partial charge in [-0.2, -0.15) is 0 Å². The molecule has 1 atom stereocenters. The summed E-state index contributed by atoms with van der Waals surface area (Å²) in [5.41, 5.74) is 0. The fourth-order valence-electron chi connectivity index (χ4n) is 1.55. The third-order valence-electron chi connectivity index (χ3n) is 2.61. The number of urea groups is 1. The van der Waals surface area contributed by atoms with Crippen molar-refractivity contribution in [3.63, 3.8) is 0 Å². The SMILES string of the molecule is CNC(=O)CN(C)C(=O)NCC(CC(C)C)C(=O)O. The summed E-state index contributed by atoms with van der Waals surface area (Å²) in [6.45, 7) is 3.85. The molecule has 0 aromatic rings. The van der Waals surface area contributed by atoms with Crippen molar-refractivity contribution in [3.8, 4) is 0 Å². The fraction of sp³-hybridized carbons (Fsp3) is 0.750. The molecule has 0 saturated carbocycles. The summed E-state index contributed by atoms with van der Waals surface area (Å²) in [6.07, 6.45) is 0.495. The topological polar surface area (TPSA) is 98.7 Å². The zero-order chi connectivity index (χ0) is 15.0. The third kappa shape index (κ3) is 7.28. The van der Waals surface area contributed by atoms with E-state index in [1.807, 2.05) is 13.8 Å². The smallest absolute Gasteiger partial charge is 0.317 e. The Balaban J connectivity index is 4.24. The van der Waals surface area contributed by atoms with E-state index in [4.69, 9.17) is 5.11 Å². The van der Waals surface area contributed by atoms with Gasteiger partial charge in [0.05, 0.1) is 5.92 Å². The molecule has 0 aromatic heterocycles. The molecule has 0 bridgehead atoms. The van der Waals surface area contributed by atoms with Crippen LogP contribution >= 0.6 is 0 Å². The van der Waals surface area contributed by atoms with Gasteiger partial charge in [-0.25, -0.2) is 4.79 Å². The molecule has 3 amide bonds. The van der Waals surface area contributed by atoms with Crippen LogP contribution in [0.5, 0.6) is 0 Å². The van der Waals surface area contributed by atoms with Gasteiger partial charge in [0.1, 0.15) is 6.54 Å². The quantitative estimate of drug-likeness (QED) is 0.613. The van der Waals surface area contributed by atoms with Crippen LogP contribution in [0.2, 0.25) is 0 Å². The van der Waals surface area contributed by atoms with Crippen LogP contribution in [0.3, 0.4) is 0 Å². The average Bonchev–Trinajstić information content (AvgIpc) is 2.32. The largest absolute Gasteiger partial charge is 0.481 e. The van der Waals surface area contributed by atoms with Crippen molar-refractivity contribution in [2.45, 2.75) is 20.3 Å². The zero-order valence-electron chi connectivity index (χ0n) is 11.9. The molecular formula is C12H23N3O4. The first-order chi connectivity index (χ1) is 8.77. The number of carboxylic acids is 1. The van der Waals surface area contributed by atoms with Gasteiger partial charge in [-0.05, 0) is 12.3 Å². The van der Waals surface area contributed by atoms with Gasteiger partial charge >= 0.3 is 12.0 Å². The molecule has 0 aromatic carbocycles. The molecule has 19 heavy (non-hydrogen) atoms. The first-order valence-electron chi connectivity index (χ1n) is 6.20. The van der Waals surface area contributed by atoms with Crippen molar-refractivity contribution in [3.05, 3.63) is 0 Å². The molecule has 0 fully saturated rings. The number of hydrogen-bond donors (Lipinski definition) is 3. The summed E-state index contributed by atoms with van der Waals surface area (Å²) in [5, 5.41) is 14.0. The van der Waals surface area contributed by atoms with Crippen LogP contribution < -0.4 is 10.6 Å². The van der Waals surface area contributed by atoms with Crippen LogP contribution in [0.4, 0.5) is 4.79 Å². The molecule has 0 aliphatic rings. The van der Waals surface area contributed by atoms with E-state index in [1.165, 1.54) is 19.0 Å². The van der Waals surface area contributed by atoms with Gasteiger partial charge in [0.25, 0.3) is 0 Å². The first kappa shape index (κ1) is 17.2. The summed E-state index contributed by atoms with van der Waals surface area (Å²) in [4.78, 5) is 35.0. The Hall–Kier alpha value is -1.79. The Kier molecular flexibility index (Phi) is 7.55. The molecule has 3 N–H and O–H groups in total. The van der Waals surface area contributed by atoms with Crippen molar-refractivity contribution < 1.29 is 19.5 Å². The molecule has 110 valence electrons. The predicted octanol–water partition coefficient (Wildman–Crippen LogP) is 0.121. The zero-order valence-corrected chi connectivity index (χ0v) is 11.9. The molecule has 0 heterocycles. The highest BCUT2D eigenvalue weighted by molar-refractivity contribution is 5.83. The van der Waals surface area contributed by atoms with Gasteiger partial charge in [0.15, 0.2) is 0 Å². The lowest BCUT2D eigenvalue weighted by atomic mass is 9.97. The first-order valence-corrected chi connectivity index (χ1v) is 6.20. The fourth-order valence-corrected chi connectivity index (χ4v) is 1.55. The molecule has 0 radical (unpaired) electrons. The number of carbonyl (C=O) groups excluding carboxylic acids is 2.